The molecule has 0 unspecified atom stereocenters. The zero-order chi connectivity index (χ0) is 14.8. The number of rotatable bonds is 5. The Balaban J connectivity index is 2.37. The Morgan fingerprint density at radius 2 is 2.05 bits per heavy atom. The van der Waals surface area contributed by atoms with Crippen LogP contribution in [0.15, 0.2) is 27.6 Å². The molecule has 1 aliphatic rings. The van der Waals surface area contributed by atoms with Crippen molar-refractivity contribution in [2.45, 2.75) is 36.1 Å². The van der Waals surface area contributed by atoms with E-state index >= 15 is 0 Å². The van der Waals surface area contributed by atoms with Crippen molar-refractivity contribution in [2.75, 3.05) is 13.7 Å². The van der Waals surface area contributed by atoms with E-state index in [4.69, 9.17) is 10.5 Å². The number of sulfonamides is 1. The van der Waals surface area contributed by atoms with E-state index in [2.05, 4.69) is 20.7 Å². The van der Waals surface area contributed by atoms with Crippen LogP contribution in [0, 0.1) is 0 Å². The van der Waals surface area contributed by atoms with Crippen LogP contribution in [0.2, 0.25) is 0 Å². The molecule has 0 aliphatic heterocycles. The topological polar surface area (TPSA) is 81.4 Å². The SMILES string of the molecule is COc1ccc(Br)cc1S(=O)(=O)NC1(CN)CCCC1. The van der Waals surface area contributed by atoms with Crippen LogP contribution in [0.25, 0.3) is 0 Å². The molecule has 0 radical (unpaired) electrons. The Bertz CT molecular complexity index is 583. The summed E-state index contributed by atoms with van der Waals surface area (Å²) in [6, 6.07) is 4.91. The number of benzene rings is 1. The van der Waals surface area contributed by atoms with Crippen molar-refractivity contribution in [1.29, 1.82) is 0 Å². The largest absolute Gasteiger partial charge is 0.495 e. The van der Waals surface area contributed by atoms with Crippen molar-refractivity contribution in [3.8, 4) is 5.75 Å². The van der Waals surface area contributed by atoms with Crippen LogP contribution < -0.4 is 15.2 Å². The van der Waals surface area contributed by atoms with Crippen molar-refractivity contribution < 1.29 is 13.2 Å². The monoisotopic (exact) mass is 362 g/mol. The van der Waals surface area contributed by atoms with Crippen molar-refractivity contribution >= 4 is 26.0 Å². The lowest BCUT2D eigenvalue weighted by molar-refractivity contribution is 0.389. The number of halogens is 1. The zero-order valence-electron chi connectivity index (χ0n) is 11.4. The lowest BCUT2D eigenvalue weighted by Crippen LogP contribution is -2.51. The van der Waals surface area contributed by atoms with Crippen LogP contribution in [0.1, 0.15) is 25.7 Å². The first kappa shape index (κ1) is 15.8. The first-order valence-corrected chi connectivity index (χ1v) is 8.78. The fourth-order valence-electron chi connectivity index (χ4n) is 2.60. The van der Waals surface area contributed by atoms with E-state index in [1.807, 2.05) is 0 Å². The van der Waals surface area contributed by atoms with Gasteiger partial charge in [-0.15, -0.1) is 0 Å². The zero-order valence-corrected chi connectivity index (χ0v) is 13.8. The fourth-order valence-corrected chi connectivity index (χ4v) is 4.78. The molecule has 5 nitrogen and oxygen atoms in total. The summed E-state index contributed by atoms with van der Waals surface area (Å²) < 4.78 is 33.8. The fraction of sp³-hybridized carbons (Fsp3) is 0.538. The van der Waals surface area contributed by atoms with Gasteiger partial charge < -0.3 is 10.5 Å². The van der Waals surface area contributed by atoms with E-state index < -0.39 is 15.6 Å². The van der Waals surface area contributed by atoms with Gasteiger partial charge in [-0.05, 0) is 31.0 Å². The molecule has 0 spiro atoms. The highest BCUT2D eigenvalue weighted by molar-refractivity contribution is 9.10. The van der Waals surface area contributed by atoms with Gasteiger partial charge in [-0.1, -0.05) is 28.8 Å². The predicted molar refractivity (Wildman–Crippen MR) is 81.3 cm³/mol. The summed E-state index contributed by atoms with van der Waals surface area (Å²) in [6.45, 7) is 0.308. The first-order valence-electron chi connectivity index (χ1n) is 6.50. The van der Waals surface area contributed by atoms with Crippen LogP contribution in [0.3, 0.4) is 0 Å². The van der Waals surface area contributed by atoms with E-state index in [1.165, 1.54) is 7.11 Å². The molecule has 0 aromatic heterocycles. The van der Waals surface area contributed by atoms with Crippen LogP contribution in [0.4, 0.5) is 0 Å². The summed E-state index contributed by atoms with van der Waals surface area (Å²) in [5.41, 5.74) is 5.27. The van der Waals surface area contributed by atoms with Crippen LogP contribution >= 0.6 is 15.9 Å². The molecule has 1 fully saturated rings. The minimum atomic E-state index is -3.66. The van der Waals surface area contributed by atoms with Crippen molar-refractivity contribution in [3.05, 3.63) is 22.7 Å². The Morgan fingerprint density at radius 1 is 1.40 bits per heavy atom. The molecular weight excluding hydrogens is 344 g/mol. The third kappa shape index (κ3) is 3.16. The predicted octanol–water partition coefficient (Wildman–Crippen LogP) is 2.01. The minimum absolute atomic E-state index is 0.133. The normalized spacial score (nSPS) is 18.1. The van der Waals surface area contributed by atoms with Crippen molar-refractivity contribution in [2.24, 2.45) is 5.73 Å². The maximum absolute atomic E-state index is 12.6. The Morgan fingerprint density at radius 3 is 2.60 bits per heavy atom. The quantitative estimate of drug-likeness (QED) is 0.839. The second-order valence-electron chi connectivity index (χ2n) is 5.09. The van der Waals surface area contributed by atoms with Gasteiger partial charge in [0.2, 0.25) is 10.0 Å². The smallest absolute Gasteiger partial charge is 0.244 e. The first-order chi connectivity index (χ1) is 9.42. The number of nitrogens with one attached hydrogen (secondary N) is 1. The highest BCUT2D eigenvalue weighted by Gasteiger charge is 2.37. The van der Waals surface area contributed by atoms with Gasteiger partial charge in [0.1, 0.15) is 10.6 Å². The summed E-state index contributed by atoms with van der Waals surface area (Å²) in [6.07, 6.45) is 3.54. The summed E-state index contributed by atoms with van der Waals surface area (Å²) in [7, 11) is -2.21. The highest BCUT2D eigenvalue weighted by Crippen LogP contribution is 2.33. The molecule has 112 valence electrons. The molecule has 1 aromatic rings. The van der Waals surface area contributed by atoms with Gasteiger partial charge >= 0.3 is 0 Å². The van der Waals surface area contributed by atoms with Gasteiger partial charge in [0.25, 0.3) is 0 Å². The number of hydrogen-bond acceptors (Lipinski definition) is 4. The van der Waals surface area contributed by atoms with E-state index in [9.17, 15) is 8.42 Å². The summed E-state index contributed by atoms with van der Waals surface area (Å²) in [5.74, 6) is 0.325. The average molecular weight is 363 g/mol. The third-order valence-electron chi connectivity index (χ3n) is 3.72. The second kappa shape index (κ2) is 6.01. The molecule has 20 heavy (non-hydrogen) atoms. The third-order valence-corrected chi connectivity index (χ3v) is 5.81. The maximum Gasteiger partial charge on any atom is 0.244 e. The van der Waals surface area contributed by atoms with Gasteiger partial charge in [-0.25, -0.2) is 13.1 Å². The van der Waals surface area contributed by atoms with E-state index in [1.54, 1.807) is 18.2 Å². The second-order valence-corrected chi connectivity index (χ2v) is 7.66. The van der Waals surface area contributed by atoms with Crippen LogP contribution in [0.5, 0.6) is 5.75 Å². The number of hydrogen-bond donors (Lipinski definition) is 2. The molecule has 0 atom stereocenters. The number of ether oxygens (including phenoxy) is 1. The van der Waals surface area contributed by atoms with E-state index in [0.29, 0.717) is 16.8 Å². The average Bonchev–Trinajstić information content (AvgIpc) is 2.87. The molecular formula is C13H19BrN2O3S. The molecule has 1 aromatic carbocycles. The Labute approximate surface area is 128 Å². The molecule has 0 amide bonds. The molecule has 0 heterocycles. The molecule has 0 saturated heterocycles. The number of methoxy groups -OCH3 is 1. The van der Waals surface area contributed by atoms with Crippen LogP contribution in [-0.2, 0) is 10.0 Å². The van der Waals surface area contributed by atoms with Gasteiger partial charge in [0.05, 0.1) is 7.11 Å². The molecule has 2 rings (SSSR count). The molecule has 7 heteroatoms. The number of nitrogens with two attached hydrogens (primary N) is 1. The lowest BCUT2D eigenvalue weighted by atomic mass is 10.0. The summed E-state index contributed by atoms with van der Waals surface area (Å²) in [4.78, 5) is 0.133. The summed E-state index contributed by atoms with van der Waals surface area (Å²) in [5, 5.41) is 0. The van der Waals surface area contributed by atoms with Crippen LogP contribution in [-0.4, -0.2) is 27.6 Å². The standard InChI is InChI=1S/C13H19BrN2O3S/c1-19-11-5-4-10(14)8-12(11)20(17,18)16-13(9-15)6-2-3-7-13/h4-5,8,16H,2-3,6-7,9,15H2,1H3. The highest BCUT2D eigenvalue weighted by atomic mass is 79.9. The Hall–Kier alpha value is -0.630. The van der Waals surface area contributed by atoms with Gasteiger partial charge in [0.15, 0.2) is 0 Å². The van der Waals surface area contributed by atoms with Crippen molar-refractivity contribution in [3.63, 3.8) is 0 Å². The minimum Gasteiger partial charge on any atom is -0.495 e. The molecule has 1 saturated carbocycles. The van der Waals surface area contributed by atoms with Crippen molar-refractivity contribution in [1.82, 2.24) is 4.72 Å². The van der Waals surface area contributed by atoms with Gasteiger partial charge in [-0.3, -0.25) is 0 Å². The molecule has 1 aliphatic carbocycles. The molecule has 3 N–H and O–H groups in total. The summed E-state index contributed by atoms with van der Waals surface area (Å²) >= 11 is 3.29. The van der Waals surface area contributed by atoms with E-state index in [0.717, 1.165) is 25.7 Å². The van der Waals surface area contributed by atoms with E-state index in [-0.39, 0.29) is 4.90 Å². The maximum atomic E-state index is 12.6. The Kier molecular flexibility index (Phi) is 4.73. The molecule has 0 bridgehead atoms. The van der Waals surface area contributed by atoms with Gasteiger partial charge in [-0.2, -0.15) is 0 Å². The lowest BCUT2D eigenvalue weighted by Gasteiger charge is -2.28. The van der Waals surface area contributed by atoms with Gasteiger partial charge in [0, 0.05) is 16.6 Å².